The summed E-state index contributed by atoms with van der Waals surface area (Å²) in [6.45, 7) is 4.77. The van der Waals surface area contributed by atoms with Crippen molar-refractivity contribution < 1.29 is 9.22 Å². The Morgan fingerprint density at radius 3 is 2.19 bits per heavy atom. The number of likely N-dealkylation sites (N-methyl/N-ethyl adjacent to an activating group) is 1. The molecule has 2 rings (SSSR count). The van der Waals surface area contributed by atoms with Crippen LogP contribution in [-0.4, -0.2) is 31.7 Å². The van der Waals surface area contributed by atoms with Gasteiger partial charge in [0.15, 0.2) is 0 Å². The van der Waals surface area contributed by atoms with E-state index in [1.807, 2.05) is 24.3 Å². The SMILES string of the molecule is Cc1ccc(C[N+](C)(C)CCOc2ccc(Cl)cc2)cc1. The lowest BCUT2D eigenvalue weighted by atomic mass is 10.1. The molecular formula is C18H23ClNO+. The molecule has 0 N–H and O–H groups in total. The van der Waals surface area contributed by atoms with Crippen LogP contribution in [0.5, 0.6) is 5.75 Å². The third-order valence-electron chi connectivity index (χ3n) is 3.51. The van der Waals surface area contributed by atoms with E-state index >= 15 is 0 Å². The number of halogens is 1. The van der Waals surface area contributed by atoms with E-state index in [-0.39, 0.29) is 0 Å². The molecule has 0 saturated heterocycles. The average molecular weight is 305 g/mol. The van der Waals surface area contributed by atoms with Crippen LogP contribution in [0.4, 0.5) is 0 Å². The summed E-state index contributed by atoms with van der Waals surface area (Å²) < 4.78 is 6.68. The van der Waals surface area contributed by atoms with E-state index in [9.17, 15) is 0 Å². The fourth-order valence-electron chi connectivity index (χ4n) is 2.21. The highest BCUT2D eigenvalue weighted by molar-refractivity contribution is 6.30. The number of quaternary nitrogens is 1. The fourth-order valence-corrected chi connectivity index (χ4v) is 2.33. The first-order valence-electron chi connectivity index (χ1n) is 7.20. The molecule has 0 bridgehead atoms. The molecule has 0 unspecified atom stereocenters. The summed E-state index contributed by atoms with van der Waals surface area (Å²) in [5.74, 6) is 0.870. The van der Waals surface area contributed by atoms with Gasteiger partial charge in [-0.15, -0.1) is 0 Å². The van der Waals surface area contributed by atoms with Crippen LogP contribution in [0.15, 0.2) is 48.5 Å². The van der Waals surface area contributed by atoms with Crippen LogP contribution in [0.25, 0.3) is 0 Å². The maximum absolute atomic E-state index is 5.86. The van der Waals surface area contributed by atoms with Crippen LogP contribution in [0, 0.1) is 6.92 Å². The largest absolute Gasteiger partial charge is 0.488 e. The lowest BCUT2D eigenvalue weighted by Gasteiger charge is -2.29. The quantitative estimate of drug-likeness (QED) is 0.723. The number of nitrogens with zero attached hydrogens (tertiary/aromatic N) is 1. The first-order chi connectivity index (χ1) is 9.94. The van der Waals surface area contributed by atoms with E-state index in [1.54, 1.807) is 0 Å². The smallest absolute Gasteiger partial charge is 0.137 e. The van der Waals surface area contributed by atoms with Crippen LogP contribution >= 0.6 is 11.6 Å². The van der Waals surface area contributed by atoms with Crippen LogP contribution in [0.2, 0.25) is 5.02 Å². The van der Waals surface area contributed by atoms with Gasteiger partial charge in [0.1, 0.15) is 25.4 Å². The van der Waals surface area contributed by atoms with Gasteiger partial charge in [-0.1, -0.05) is 41.4 Å². The number of hydrogen-bond donors (Lipinski definition) is 0. The summed E-state index contributed by atoms with van der Waals surface area (Å²) in [6.07, 6.45) is 0. The standard InChI is InChI=1S/C18H23ClNO/c1-15-4-6-16(7-5-15)14-20(2,3)12-13-21-18-10-8-17(19)9-11-18/h4-11H,12-14H2,1-3H3/q+1. The zero-order chi connectivity index (χ0) is 15.3. The van der Waals surface area contributed by atoms with Crippen molar-refractivity contribution in [2.75, 3.05) is 27.2 Å². The van der Waals surface area contributed by atoms with Gasteiger partial charge in [-0.2, -0.15) is 0 Å². The van der Waals surface area contributed by atoms with E-state index < -0.39 is 0 Å². The van der Waals surface area contributed by atoms with Gasteiger partial charge in [0.2, 0.25) is 0 Å². The molecule has 2 aromatic carbocycles. The zero-order valence-corrected chi connectivity index (χ0v) is 13.7. The van der Waals surface area contributed by atoms with Crippen molar-refractivity contribution in [1.29, 1.82) is 0 Å². The minimum atomic E-state index is 0.695. The molecule has 0 aliphatic heterocycles. The average Bonchev–Trinajstić information content (AvgIpc) is 2.43. The van der Waals surface area contributed by atoms with Gasteiger partial charge in [0, 0.05) is 10.6 Å². The Hall–Kier alpha value is -1.51. The zero-order valence-electron chi connectivity index (χ0n) is 13.0. The third kappa shape index (κ3) is 5.41. The van der Waals surface area contributed by atoms with Gasteiger partial charge in [-0.05, 0) is 31.2 Å². The van der Waals surface area contributed by atoms with Crippen LogP contribution in [0.3, 0.4) is 0 Å². The Kier molecular flexibility index (Phi) is 5.27. The lowest BCUT2D eigenvalue weighted by Crippen LogP contribution is -2.41. The summed E-state index contributed by atoms with van der Waals surface area (Å²) in [4.78, 5) is 0. The van der Waals surface area contributed by atoms with Gasteiger partial charge in [-0.3, -0.25) is 0 Å². The van der Waals surface area contributed by atoms with Crippen molar-refractivity contribution in [2.45, 2.75) is 13.5 Å². The number of aryl methyl sites for hydroxylation is 1. The summed E-state index contributed by atoms with van der Waals surface area (Å²) in [5, 5.41) is 0.734. The Bertz CT molecular complexity index is 561. The monoisotopic (exact) mass is 304 g/mol. The molecule has 2 aromatic rings. The molecule has 3 heteroatoms. The normalized spacial score (nSPS) is 11.4. The van der Waals surface area contributed by atoms with E-state index in [0.717, 1.165) is 28.3 Å². The first-order valence-corrected chi connectivity index (χ1v) is 7.58. The number of hydrogen-bond acceptors (Lipinski definition) is 1. The molecule has 0 aromatic heterocycles. The molecule has 0 aliphatic carbocycles. The second kappa shape index (κ2) is 6.97. The minimum Gasteiger partial charge on any atom is -0.488 e. The van der Waals surface area contributed by atoms with Crippen molar-refractivity contribution >= 4 is 11.6 Å². The molecule has 0 amide bonds. The van der Waals surface area contributed by atoms with E-state index in [2.05, 4.69) is 45.3 Å². The van der Waals surface area contributed by atoms with E-state index in [0.29, 0.717) is 6.61 Å². The van der Waals surface area contributed by atoms with Crippen molar-refractivity contribution in [1.82, 2.24) is 0 Å². The van der Waals surface area contributed by atoms with Gasteiger partial charge < -0.3 is 9.22 Å². The van der Waals surface area contributed by atoms with Crippen LogP contribution in [-0.2, 0) is 6.54 Å². The van der Waals surface area contributed by atoms with Gasteiger partial charge in [-0.25, -0.2) is 0 Å². The molecule has 0 saturated carbocycles. The molecule has 0 heterocycles. The van der Waals surface area contributed by atoms with Gasteiger partial charge in [0.05, 0.1) is 14.1 Å². The summed E-state index contributed by atoms with van der Waals surface area (Å²) in [6, 6.07) is 16.3. The number of benzene rings is 2. The predicted molar refractivity (Wildman–Crippen MR) is 88.8 cm³/mol. The maximum Gasteiger partial charge on any atom is 0.137 e. The highest BCUT2D eigenvalue weighted by atomic mass is 35.5. The minimum absolute atomic E-state index is 0.695. The maximum atomic E-state index is 5.86. The van der Waals surface area contributed by atoms with E-state index in [1.165, 1.54) is 11.1 Å². The first kappa shape index (κ1) is 15.9. The Balaban J connectivity index is 1.83. The number of rotatable bonds is 6. The Labute approximate surface area is 132 Å². The molecule has 21 heavy (non-hydrogen) atoms. The van der Waals surface area contributed by atoms with Crippen LogP contribution < -0.4 is 4.74 Å². The summed E-state index contributed by atoms with van der Waals surface area (Å²) in [5.41, 5.74) is 2.66. The highest BCUT2D eigenvalue weighted by Gasteiger charge is 2.15. The number of ether oxygens (including phenoxy) is 1. The molecule has 0 radical (unpaired) electrons. The molecule has 0 atom stereocenters. The van der Waals surface area contributed by atoms with Crippen molar-refractivity contribution in [3.8, 4) is 5.75 Å². The third-order valence-corrected chi connectivity index (χ3v) is 3.76. The van der Waals surface area contributed by atoms with Gasteiger partial charge in [0.25, 0.3) is 0 Å². The molecule has 0 spiro atoms. The topological polar surface area (TPSA) is 9.23 Å². The Morgan fingerprint density at radius 2 is 1.57 bits per heavy atom. The fraction of sp³-hybridized carbons (Fsp3) is 0.333. The van der Waals surface area contributed by atoms with Crippen molar-refractivity contribution in [3.05, 3.63) is 64.7 Å². The summed E-state index contributed by atoms with van der Waals surface area (Å²) >= 11 is 5.86. The second-order valence-corrected chi connectivity index (χ2v) is 6.54. The molecule has 112 valence electrons. The molecular weight excluding hydrogens is 282 g/mol. The van der Waals surface area contributed by atoms with E-state index in [4.69, 9.17) is 16.3 Å². The molecule has 2 nitrogen and oxygen atoms in total. The van der Waals surface area contributed by atoms with Crippen LogP contribution in [0.1, 0.15) is 11.1 Å². The summed E-state index contributed by atoms with van der Waals surface area (Å²) in [7, 11) is 4.45. The second-order valence-electron chi connectivity index (χ2n) is 6.11. The lowest BCUT2D eigenvalue weighted by molar-refractivity contribution is -0.903. The molecule has 0 fully saturated rings. The van der Waals surface area contributed by atoms with Gasteiger partial charge >= 0.3 is 0 Å². The Morgan fingerprint density at radius 1 is 0.952 bits per heavy atom. The highest BCUT2D eigenvalue weighted by Crippen LogP contribution is 2.16. The van der Waals surface area contributed by atoms with Crippen molar-refractivity contribution in [2.24, 2.45) is 0 Å². The predicted octanol–water partition coefficient (Wildman–Crippen LogP) is 4.30. The molecule has 0 aliphatic rings. The van der Waals surface area contributed by atoms with Crippen molar-refractivity contribution in [3.63, 3.8) is 0 Å².